The summed E-state index contributed by atoms with van der Waals surface area (Å²) in [6.45, 7) is 4.14. The molecule has 0 radical (unpaired) electrons. The van der Waals surface area contributed by atoms with Crippen LogP contribution in [0, 0.1) is 0 Å². The summed E-state index contributed by atoms with van der Waals surface area (Å²) in [6, 6.07) is 0. The standard InChI is InChI=1S/C7H12N2/c1-3-7-8-4-6(2)5-9-7/h4-5,7-8H,3H2,1-2H3. The molecular formula is C7H12N2. The van der Waals surface area contributed by atoms with Crippen molar-refractivity contribution in [2.24, 2.45) is 4.99 Å². The Labute approximate surface area is 55.7 Å². The Morgan fingerprint density at radius 1 is 1.78 bits per heavy atom. The van der Waals surface area contributed by atoms with Gasteiger partial charge in [-0.25, -0.2) is 0 Å². The van der Waals surface area contributed by atoms with Crippen LogP contribution in [-0.4, -0.2) is 12.4 Å². The second-order valence-electron chi connectivity index (χ2n) is 2.26. The Morgan fingerprint density at radius 3 is 3.00 bits per heavy atom. The summed E-state index contributed by atoms with van der Waals surface area (Å²) in [5.74, 6) is 0. The summed E-state index contributed by atoms with van der Waals surface area (Å²) < 4.78 is 0. The van der Waals surface area contributed by atoms with E-state index < -0.39 is 0 Å². The van der Waals surface area contributed by atoms with Crippen molar-refractivity contribution in [3.8, 4) is 0 Å². The van der Waals surface area contributed by atoms with Crippen molar-refractivity contribution in [2.75, 3.05) is 0 Å². The molecule has 1 unspecified atom stereocenters. The summed E-state index contributed by atoms with van der Waals surface area (Å²) >= 11 is 0. The number of rotatable bonds is 1. The number of nitrogens with zero attached hydrogens (tertiary/aromatic N) is 1. The fourth-order valence-electron chi connectivity index (χ4n) is 0.739. The molecule has 50 valence electrons. The van der Waals surface area contributed by atoms with E-state index in [9.17, 15) is 0 Å². The maximum atomic E-state index is 4.22. The van der Waals surface area contributed by atoms with Gasteiger partial charge in [-0.1, -0.05) is 6.92 Å². The van der Waals surface area contributed by atoms with Crippen molar-refractivity contribution >= 4 is 6.21 Å². The third kappa shape index (κ3) is 1.56. The minimum Gasteiger partial charge on any atom is -0.370 e. The molecule has 0 aromatic rings. The molecular weight excluding hydrogens is 112 g/mol. The average molecular weight is 124 g/mol. The number of aliphatic imine (C=N–C) groups is 1. The van der Waals surface area contributed by atoms with Crippen LogP contribution in [0.25, 0.3) is 0 Å². The summed E-state index contributed by atoms with van der Waals surface area (Å²) in [5, 5.41) is 3.16. The van der Waals surface area contributed by atoms with Gasteiger partial charge in [-0.15, -0.1) is 0 Å². The summed E-state index contributed by atoms with van der Waals surface area (Å²) in [7, 11) is 0. The van der Waals surface area contributed by atoms with Crippen molar-refractivity contribution in [3.05, 3.63) is 11.8 Å². The number of hydrogen-bond acceptors (Lipinski definition) is 2. The first-order valence-electron chi connectivity index (χ1n) is 3.29. The van der Waals surface area contributed by atoms with Gasteiger partial charge in [-0.05, 0) is 18.9 Å². The molecule has 2 heteroatoms. The van der Waals surface area contributed by atoms with Crippen molar-refractivity contribution in [1.82, 2.24) is 5.32 Å². The fraction of sp³-hybridized carbons (Fsp3) is 0.571. The van der Waals surface area contributed by atoms with Gasteiger partial charge in [0, 0.05) is 12.4 Å². The van der Waals surface area contributed by atoms with Gasteiger partial charge < -0.3 is 5.32 Å². The van der Waals surface area contributed by atoms with Gasteiger partial charge in [0.05, 0.1) is 0 Å². The highest BCUT2D eigenvalue weighted by Crippen LogP contribution is 1.99. The van der Waals surface area contributed by atoms with Gasteiger partial charge in [0.2, 0.25) is 0 Å². The van der Waals surface area contributed by atoms with E-state index in [1.807, 2.05) is 19.3 Å². The molecule has 0 spiro atoms. The highest BCUT2D eigenvalue weighted by atomic mass is 15.1. The topological polar surface area (TPSA) is 24.4 Å². The van der Waals surface area contributed by atoms with Crippen LogP contribution in [0.2, 0.25) is 0 Å². The lowest BCUT2D eigenvalue weighted by atomic mass is 10.3. The lowest BCUT2D eigenvalue weighted by Gasteiger charge is -2.13. The van der Waals surface area contributed by atoms with Gasteiger partial charge >= 0.3 is 0 Å². The molecule has 1 heterocycles. The predicted octanol–water partition coefficient (Wildman–Crippen LogP) is 1.30. The van der Waals surface area contributed by atoms with Gasteiger partial charge in [-0.2, -0.15) is 0 Å². The molecule has 0 aromatic carbocycles. The molecule has 1 atom stereocenters. The largest absolute Gasteiger partial charge is 0.370 e. The van der Waals surface area contributed by atoms with Gasteiger partial charge in [0.15, 0.2) is 0 Å². The van der Waals surface area contributed by atoms with E-state index in [0.717, 1.165) is 6.42 Å². The Balaban J connectivity index is 2.48. The molecule has 1 N–H and O–H groups in total. The maximum absolute atomic E-state index is 4.22. The average Bonchev–Trinajstić information content (AvgIpc) is 1.90. The molecule has 9 heavy (non-hydrogen) atoms. The zero-order valence-corrected chi connectivity index (χ0v) is 5.89. The van der Waals surface area contributed by atoms with E-state index in [2.05, 4.69) is 17.2 Å². The van der Waals surface area contributed by atoms with Crippen LogP contribution < -0.4 is 5.32 Å². The fourth-order valence-corrected chi connectivity index (χ4v) is 0.739. The van der Waals surface area contributed by atoms with Crippen LogP contribution in [-0.2, 0) is 0 Å². The third-order valence-corrected chi connectivity index (χ3v) is 1.35. The van der Waals surface area contributed by atoms with Crippen molar-refractivity contribution in [3.63, 3.8) is 0 Å². The molecule has 0 bridgehead atoms. The number of nitrogens with one attached hydrogen (secondary N) is 1. The molecule has 2 nitrogen and oxygen atoms in total. The van der Waals surface area contributed by atoms with Crippen LogP contribution in [0.1, 0.15) is 20.3 Å². The Kier molecular flexibility index (Phi) is 1.88. The molecule has 0 amide bonds. The normalized spacial score (nSPS) is 25.1. The van der Waals surface area contributed by atoms with E-state index in [1.54, 1.807) is 0 Å². The first-order valence-corrected chi connectivity index (χ1v) is 3.29. The monoisotopic (exact) mass is 124 g/mol. The van der Waals surface area contributed by atoms with Crippen LogP contribution in [0.4, 0.5) is 0 Å². The lowest BCUT2D eigenvalue weighted by Crippen LogP contribution is -2.24. The molecule has 0 saturated heterocycles. The summed E-state index contributed by atoms with van der Waals surface area (Å²) in [4.78, 5) is 4.22. The highest BCUT2D eigenvalue weighted by molar-refractivity contribution is 5.78. The third-order valence-electron chi connectivity index (χ3n) is 1.35. The minimum absolute atomic E-state index is 0.314. The van der Waals surface area contributed by atoms with Crippen molar-refractivity contribution in [2.45, 2.75) is 26.4 Å². The lowest BCUT2D eigenvalue weighted by molar-refractivity contribution is 0.589. The smallest absolute Gasteiger partial charge is 0.117 e. The van der Waals surface area contributed by atoms with Crippen LogP contribution in [0.15, 0.2) is 16.8 Å². The zero-order chi connectivity index (χ0) is 6.69. The quantitative estimate of drug-likeness (QED) is 0.559. The number of allylic oxidation sites excluding steroid dienone is 1. The SMILES string of the molecule is CCC1N=CC(C)=CN1. The van der Waals surface area contributed by atoms with Crippen LogP contribution >= 0.6 is 0 Å². The first-order chi connectivity index (χ1) is 4.33. The second-order valence-corrected chi connectivity index (χ2v) is 2.26. The van der Waals surface area contributed by atoms with E-state index in [-0.39, 0.29) is 0 Å². The summed E-state index contributed by atoms with van der Waals surface area (Å²) in [6.07, 6.45) is 5.28. The Hall–Kier alpha value is -0.790. The van der Waals surface area contributed by atoms with Crippen LogP contribution in [0.5, 0.6) is 0 Å². The molecule has 0 aromatic heterocycles. The first kappa shape index (κ1) is 6.33. The molecule has 0 fully saturated rings. The van der Waals surface area contributed by atoms with E-state index in [1.165, 1.54) is 5.57 Å². The Bertz CT molecular complexity index is 147. The van der Waals surface area contributed by atoms with Gasteiger partial charge in [0.25, 0.3) is 0 Å². The zero-order valence-electron chi connectivity index (χ0n) is 5.89. The predicted molar refractivity (Wildman–Crippen MR) is 39.5 cm³/mol. The molecule has 0 aliphatic carbocycles. The highest BCUT2D eigenvalue weighted by Gasteiger charge is 2.01. The van der Waals surface area contributed by atoms with Gasteiger partial charge in [0.1, 0.15) is 6.17 Å². The van der Waals surface area contributed by atoms with E-state index in [0.29, 0.717) is 6.17 Å². The number of hydrogen-bond donors (Lipinski definition) is 1. The second kappa shape index (κ2) is 2.67. The van der Waals surface area contributed by atoms with Crippen LogP contribution in [0.3, 0.4) is 0 Å². The molecule has 1 aliphatic rings. The maximum Gasteiger partial charge on any atom is 0.117 e. The molecule has 1 aliphatic heterocycles. The van der Waals surface area contributed by atoms with E-state index in [4.69, 9.17) is 0 Å². The van der Waals surface area contributed by atoms with Gasteiger partial charge in [-0.3, -0.25) is 4.99 Å². The summed E-state index contributed by atoms with van der Waals surface area (Å²) in [5.41, 5.74) is 1.19. The minimum atomic E-state index is 0.314. The van der Waals surface area contributed by atoms with Crippen molar-refractivity contribution in [1.29, 1.82) is 0 Å². The molecule has 1 rings (SSSR count). The Morgan fingerprint density at radius 2 is 2.56 bits per heavy atom. The van der Waals surface area contributed by atoms with Crippen molar-refractivity contribution < 1.29 is 0 Å². The molecule has 0 saturated carbocycles. The van der Waals surface area contributed by atoms with E-state index >= 15 is 0 Å².